The molecule has 0 aromatic heterocycles. The highest BCUT2D eigenvalue weighted by Gasteiger charge is 2.33. The van der Waals surface area contributed by atoms with E-state index in [1.165, 1.54) is 19.3 Å². The molecule has 88 valence electrons. The van der Waals surface area contributed by atoms with Gasteiger partial charge < -0.3 is 15.6 Å². The molecule has 0 aromatic carbocycles. The van der Waals surface area contributed by atoms with Crippen molar-refractivity contribution < 1.29 is 9.84 Å². The van der Waals surface area contributed by atoms with Gasteiger partial charge in [-0.05, 0) is 31.7 Å². The lowest BCUT2D eigenvalue weighted by Crippen LogP contribution is -2.51. The van der Waals surface area contributed by atoms with Gasteiger partial charge in [0.15, 0.2) is 0 Å². The summed E-state index contributed by atoms with van der Waals surface area (Å²) in [6, 6.07) is 0.833. The minimum absolute atomic E-state index is 0.209. The molecule has 0 bridgehead atoms. The Morgan fingerprint density at radius 3 is 2.93 bits per heavy atom. The van der Waals surface area contributed by atoms with Crippen molar-refractivity contribution in [2.75, 3.05) is 32.9 Å². The van der Waals surface area contributed by atoms with Crippen LogP contribution in [0.5, 0.6) is 0 Å². The second kappa shape index (κ2) is 5.25. The molecular weight excluding hydrogens is 192 g/mol. The first-order chi connectivity index (χ1) is 7.35. The molecule has 1 aliphatic carbocycles. The molecule has 4 heteroatoms. The van der Waals surface area contributed by atoms with Crippen molar-refractivity contribution in [2.24, 2.45) is 11.7 Å². The number of nitrogens with two attached hydrogens (primary N) is 1. The highest BCUT2D eigenvalue weighted by atomic mass is 16.5. The van der Waals surface area contributed by atoms with Crippen LogP contribution in [0.1, 0.15) is 19.3 Å². The summed E-state index contributed by atoms with van der Waals surface area (Å²) in [5.74, 6) is 0.692. The van der Waals surface area contributed by atoms with Crippen molar-refractivity contribution >= 4 is 0 Å². The predicted octanol–water partition coefficient (Wildman–Crippen LogP) is -0.193. The van der Waals surface area contributed by atoms with E-state index in [1.54, 1.807) is 0 Å². The first kappa shape index (κ1) is 11.3. The molecule has 1 saturated carbocycles. The molecule has 3 unspecified atom stereocenters. The minimum Gasteiger partial charge on any atom is -0.395 e. The van der Waals surface area contributed by atoms with E-state index in [0.717, 1.165) is 19.7 Å². The number of ether oxygens (including phenoxy) is 1. The zero-order valence-corrected chi connectivity index (χ0v) is 9.27. The van der Waals surface area contributed by atoms with E-state index in [9.17, 15) is 5.11 Å². The minimum atomic E-state index is 0.209. The zero-order chi connectivity index (χ0) is 10.7. The average molecular weight is 214 g/mol. The summed E-state index contributed by atoms with van der Waals surface area (Å²) in [7, 11) is 0. The van der Waals surface area contributed by atoms with Crippen molar-refractivity contribution in [3.8, 4) is 0 Å². The third-order valence-electron chi connectivity index (χ3n) is 3.80. The van der Waals surface area contributed by atoms with Gasteiger partial charge in [-0.25, -0.2) is 0 Å². The van der Waals surface area contributed by atoms with E-state index >= 15 is 0 Å². The van der Waals surface area contributed by atoms with Gasteiger partial charge in [-0.1, -0.05) is 0 Å². The summed E-state index contributed by atoms with van der Waals surface area (Å²) in [5.41, 5.74) is 5.70. The van der Waals surface area contributed by atoms with Gasteiger partial charge in [0.2, 0.25) is 0 Å². The summed E-state index contributed by atoms with van der Waals surface area (Å²) < 4.78 is 5.39. The van der Waals surface area contributed by atoms with Crippen molar-refractivity contribution in [3.05, 3.63) is 0 Å². The average Bonchev–Trinajstić information content (AvgIpc) is 2.77. The fraction of sp³-hybridized carbons (Fsp3) is 1.00. The fourth-order valence-corrected chi connectivity index (χ4v) is 2.87. The molecule has 3 N–H and O–H groups in total. The van der Waals surface area contributed by atoms with Crippen LogP contribution in [0.2, 0.25) is 0 Å². The van der Waals surface area contributed by atoms with Crippen LogP contribution < -0.4 is 5.73 Å². The highest BCUT2D eigenvalue weighted by molar-refractivity contribution is 4.88. The number of aliphatic hydroxyl groups is 1. The quantitative estimate of drug-likeness (QED) is 0.683. The smallest absolute Gasteiger partial charge is 0.0644 e. The third kappa shape index (κ3) is 2.50. The van der Waals surface area contributed by atoms with E-state index in [1.807, 2.05) is 0 Å². The second-order valence-electron chi connectivity index (χ2n) is 4.72. The first-order valence-electron chi connectivity index (χ1n) is 5.99. The van der Waals surface area contributed by atoms with Gasteiger partial charge in [0.1, 0.15) is 0 Å². The molecule has 0 amide bonds. The van der Waals surface area contributed by atoms with Gasteiger partial charge in [-0.2, -0.15) is 0 Å². The van der Waals surface area contributed by atoms with Gasteiger partial charge in [-0.15, -0.1) is 0 Å². The molecule has 2 aliphatic rings. The Labute approximate surface area is 91.4 Å². The molecule has 15 heavy (non-hydrogen) atoms. The highest BCUT2D eigenvalue weighted by Crippen LogP contribution is 2.30. The van der Waals surface area contributed by atoms with E-state index in [4.69, 9.17) is 10.5 Å². The van der Waals surface area contributed by atoms with Crippen LogP contribution in [0.25, 0.3) is 0 Å². The van der Waals surface area contributed by atoms with Crippen molar-refractivity contribution in [2.45, 2.75) is 31.3 Å². The van der Waals surface area contributed by atoms with Crippen LogP contribution >= 0.6 is 0 Å². The zero-order valence-electron chi connectivity index (χ0n) is 9.27. The lowest BCUT2D eigenvalue weighted by atomic mass is 10.1. The number of aliphatic hydroxyl groups excluding tert-OH is 1. The molecule has 1 heterocycles. The maximum absolute atomic E-state index is 9.30. The maximum Gasteiger partial charge on any atom is 0.0644 e. The Morgan fingerprint density at radius 2 is 2.27 bits per heavy atom. The predicted molar refractivity (Wildman–Crippen MR) is 58.6 cm³/mol. The molecule has 0 aromatic rings. The van der Waals surface area contributed by atoms with E-state index in [-0.39, 0.29) is 12.6 Å². The molecule has 3 atom stereocenters. The molecule has 0 spiro atoms. The molecule has 1 aliphatic heterocycles. The van der Waals surface area contributed by atoms with Gasteiger partial charge in [0.25, 0.3) is 0 Å². The summed E-state index contributed by atoms with van der Waals surface area (Å²) in [6.07, 6.45) is 3.68. The van der Waals surface area contributed by atoms with E-state index in [2.05, 4.69) is 4.90 Å². The fourth-order valence-electron chi connectivity index (χ4n) is 2.87. The Morgan fingerprint density at radius 1 is 1.40 bits per heavy atom. The summed E-state index contributed by atoms with van der Waals surface area (Å²) >= 11 is 0. The SMILES string of the molecule is NCC1CCC(N2CCOCC2CO)C1. The normalized spacial score (nSPS) is 38.4. The number of rotatable bonds is 3. The van der Waals surface area contributed by atoms with Gasteiger partial charge in [0, 0.05) is 12.6 Å². The molecule has 4 nitrogen and oxygen atoms in total. The molecule has 2 fully saturated rings. The molecule has 1 saturated heterocycles. The van der Waals surface area contributed by atoms with Crippen molar-refractivity contribution in [3.63, 3.8) is 0 Å². The maximum atomic E-state index is 9.30. The molecular formula is C11H22N2O2. The van der Waals surface area contributed by atoms with Crippen LogP contribution in [-0.2, 0) is 4.74 Å². The summed E-state index contributed by atoms with van der Waals surface area (Å²) in [6.45, 7) is 3.47. The Bertz CT molecular complexity index is 201. The lowest BCUT2D eigenvalue weighted by molar-refractivity contribution is -0.0465. The molecule has 2 rings (SSSR count). The standard InChI is InChI=1S/C11H22N2O2/c12-6-9-1-2-10(5-9)13-3-4-15-8-11(13)7-14/h9-11,14H,1-8,12H2. The van der Waals surface area contributed by atoms with Gasteiger partial charge in [0.05, 0.1) is 25.9 Å². The topological polar surface area (TPSA) is 58.7 Å². The number of hydrogen-bond donors (Lipinski definition) is 2. The lowest BCUT2D eigenvalue weighted by Gasteiger charge is -2.38. The summed E-state index contributed by atoms with van der Waals surface area (Å²) in [4.78, 5) is 2.43. The van der Waals surface area contributed by atoms with Crippen molar-refractivity contribution in [1.82, 2.24) is 4.90 Å². The van der Waals surface area contributed by atoms with Crippen molar-refractivity contribution in [1.29, 1.82) is 0 Å². The number of nitrogens with zero attached hydrogens (tertiary/aromatic N) is 1. The van der Waals surface area contributed by atoms with Gasteiger partial charge >= 0.3 is 0 Å². The van der Waals surface area contributed by atoms with E-state index < -0.39 is 0 Å². The van der Waals surface area contributed by atoms with Crippen LogP contribution in [0.15, 0.2) is 0 Å². The third-order valence-corrected chi connectivity index (χ3v) is 3.80. The largest absolute Gasteiger partial charge is 0.395 e. The van der Waals surface area contributed by atoms with Crippen LogP contribution in [-0.4, -0.2) is 55.0 Å². The Balaban J connectivity index is 1.90. The second-order valence-corrected chi connectivity index (χ2v) is 4.72. The number of hydrogen-bond acceptors (Lipinski definition) is 4. The number of morpholine rings is 1. The van der Waals surface area contributed by atoms with Crippen LogP contribution in [0, 0.1) is 5.92 Å². The van der Waals surface area contributed by atoms with Crippen LogP contribution in [0.3, 0.4) is 0 Å². The Kier molecular flexibility index (Phi) is 3.97. The Hall–Kier alpha value is -0.160. The summed E-state index contributed by atoms with van der Waals surface area (Å²) in [5, 5.41) is 9.30. The molecule has 0 radical (unpaired) electrons. The monoisotopic (exact) mass is 214 g/mol. The van der Waals surface area contributed by atoms with Gasteiger partial charge in [-0.3, -0.25) is 4.90 Å². The van der Waals surface area contributed by atoms with E-state index in [0.29, 0.717) is 18.6 Å². The van der Waals surface area contributed by atoms with Crippen LogP contribution in [0.4, 0.5) is 0 Å². The first-order valence-corrected chi connectivity index (χ1v) is 5.99.